The fourth-order valence-electron chi connectivity index (χ4n) is 4.64. The number of nitrogens with zero attached hydrogens (tertiary/aromatic N) is 4. The van der Waals surface area contributed by atoms with Gasteiger partial charge in [0.25, 0.3) is 0 Å². The third-order valence-electron chi connectivity index (χ3n) is 6.54. The Balaban J connectivity index is 1.52. The molecular formula is C25H33FN6OS. The van der Waals surface area contributed by atoms with Crippen LogP contribution in [0.2, 0.25) is 0 Å². The zero-order valence-electron chi connectivity index (χ0n) is 19.8. The molecule has 0 amide bonds. The summed E-state index contributed by atoms with van der Waals surface area (Å²) in [5, 5.41) is 4.16. The maximum Gasteiger partial charge on any atom is 0.184 e. The average Bonchev–Trinajstić information content (AvgIpc) is 3.31. The number of rotatable bonds is 7. The minimum atomic E-state index is -0.258. The van der Waals surface area contributed by atoms with Crippen LogP contribution in [0.3, 0.4) is 0 Å². The van der Waals surface area contributed by atoms with Gasteiger partial charge in [-0.2, -0.15) is 5.10 Å². The second-order valence-corrected chi connectivity index (χ2v) is 9.51. The Hall–Kier alpha value is -2.91. The van der Waals surface area contributed by atoms with Gasteiger partial charge in [-0.15, -0.1) is 0 Å². The number of hydrazone groups is 1. The van der Waals surface area contributed by atoms with E-state index in [4.69, 9.17) is 22.7 Å². The number of nitrogens with two attached hydrogens (primary N) is 1. The van der Waals surface area contributed by atoms with Gasteiger partial charge in [-0.1, -0.05) is 18.2 Å². The fraction of sp³-hybridized carbons (Fsp3) is 0.440. The Bertz CT molecular complexity index is 1010. The molecule has 2 saturated heterocycles. The van der Waals surface area contributed by atoms with E-state index < -0.39 is 0 Å². The molecule has 2 aromatic carbocycles. The zero-order valence-corrected chi connectivity index (χ0v) is 20.6. The summed E-state index contributed by atoms with van der Waals surface area (Å²) in [6, 6.07) is 13.9. The van der Waals surface area contributed by atoms with Gasteiger partial charge < -0.3 is 25.2 Å². The number of benzene rings is 2. The number of anilines is 2. The summed E-state index contributed by atoms with van der Waals surface area (Å²) in [6.07, 6.45) is 4.47. The minimum Gasteiger partial charge on any atom is -0.490 e. The number of hydrogen-bond acceptors (Lipinski definition) is 6. The molecule has 7 nitrogen and oxygen atoms in total. The van der Waals surface area contributed by atoms with Crippen molar-refractivity contribution in [3.63, 3.8) is 0 Å². The third-order valence-corrected chi connectivity index (χ3v) is 6.63. The number of hydrogen-bond donors (Lipinski definition) is 2. The normalized spacial score (nSPS) is 19.2. The number of likely N-dealkylation sites (N-methyl/N-ethyl adjacent to an activating group) is 1. The van der Waals surface area contributed by atoms with E-state index in [0.717, 1.165) is 56.9 Å². The van der Waals surface area contributed by atoms with Crippen LogP contribution in [0.4, 0.5) is 15.8 Å². The standard InChI is InChI=1S/C25H33FN6OS/c1-30(2)19-8-11-32(17-19)23-15-24(22(26)14-18(23)16-28-29-25(27)34)31-12-9-21(10-13-31)33-20-6-4-3-5-7-20/h3-7,14-16,19,21H,8-13,17H2,1-2H3,(H3,27,29,34)/b28-16+. The lowest BCUT2D eigenvalue weighted by Crippen LogP contribution is -2.39. The first kappa shape index (κ1) is 24.2. The van der Waals surface area contributed by atoms with Crippen molar-refractivity contribution in [3.8, 4) is 5.75 Å². The molecule has 2 aliphatic rings. The Morgan fingerprint density at radius 2 is 1.82 bits per heavy atom. The van der Waals surface area contributed by atoms with Crippen LogP contribution in [0.15, 0.2) is 47.6 Å². The molecule has 2 heterocycles. The molecule has 34 heavy (non-hydrogen) atoms. The molecule has 3 N–H and O–H groups in total. The van der Waals surface area contributed by atoms with Crippen LogP contribution in [-0.2, 0) is 0 Å². The monoisotopic (exact) mass is 484 g/mol. The summed E-state index contributed by atoms with van der Waals surface area (Å²) in [6.45, 7) is 3.27. The summed E-state index contributed by atoms with van der Waals surface area (Å²) < 4.78 is 21.4. The Labute approximate surface area is 206 Å². The van der Waals surface area contributed by atoms with E-state index in [1.54, 1.807) is 12.3 Å². The van der Waals surface area contributed by atoms with Crippen LogP contribution in [0, 0.1) is 5.82 Å². The SMILES string of the molecule is CN(C)C1CCN(c2cc(N3CCC(Oc4ccccc4)CC3)c(F)cc2/C=N/NC(N)=S)C1. The van der Waals surface area contributed by atoms with Gasteiger partial charge >= 0.3 is 0 Å². The van der Waals surface area contributed by atoms with Gasteiger partial charge in [-0.3, -0.25) is 5.43 Å². The van der Waals surface area contributed by atoms with Gasteiger partial charge in [-0.05, 0) is 57.0 Å². The molecule has 2 aliphatic heterocycles. The lowest BCUT2D eigenvalue weighted by atomic mass is 10.0. The van der Waals surface area contributed by atoms with Crippen molar-refractivity contribution in [1.29, 1.82) is 0 Å². The second-order valence-electron chi connectivity index (χ2n) is 9.07. The summed E-state index contributed by atoms with van der Waals surface area (Å²) >= 11 is 4.82. The summed E-state index contributed by atoms with van der Waals surface area (Å²) in [4.78, 5) is 6.67. The second kappa shape index (κ2) is 11.0. The van der Waals surface area contributed by atoms with Crippen LogP contribution < -0.4 is 25.7 Å². The first-order chi connectivity index (χ1) is 16.4. The summed E-state index contributed by atoms with van der Waals surface area (Å²) in [5.74, 6) is 0.624. The van der Waals surface area contributed by atoms with Gasteiger partial charge in [0.05, 0.1) is 11.9 Å². The molecule has 0 aromatic heterocycles. The number of nitrogens with one attached hydrogen (secondary N) is 1. The maximum atomic E-state index is 15.3. The average molecular weight is 485 g/mol. The molecule has 1 atom stereocenters. The highest BCUT2D eigenvalue weighted by Crippen LogP contribution is 2.33. The minimum absolute atomic E-state index is 0.0735. The molecule has 0 radical (unpaired) electrons. The largest absolute Gasteiger partial charge is 0.490 e. The van der Waals surface area contributed by atoms with Crippen molar-refractivity contribution in [2.24, 2.45) is 10.8 Å². The van der Waals surface area contributed by atoms with Crippen molar-refractivity contribution in [2.45, 2.75) is 31.4 Å². The van der Waals surface area contributed by atoms with E-state index in [0.29, 0.717) is 17.3 Å². The van der Waals surface area contributed by atoms with Crippen molar-refractivity contribution >= 4 is 34.9 Å². The molecular weight excluding hydrogens is 451 g/mol. The molecule has 182 valence electrons. The quantitative estimate of drug-likeness (QED) is 0.355. The van der Waals surface area contributed by atoms with Gasteiger partial charge in [0, 0.05) is 56.3 Å². The van der Waals surface area contributed by atoms with Crippen molar-refractivity contribution in [1.82, 2.24) is 10.3 Å². The van der Waals surface area contributed by atoms with Crippen LogP contribution in [0.5, 0.6) is 5.75 Å². The van der Waals surface area contributed by atoms with Gasteiger partial charge in [0.2, 0.25) is 0 Å². The van der Waals surface area contributed by atoms with Gasteiger partial charge in [-0.25, -0.2) is 4.39 Å². The highest BCUT2D eigenvalue weighted by molar-refractivity contribution is 7.80. The Kier molecular flexibility index (Phi) is 7.84. The molecule has 2 aromatic rings. The number of halogens is 1. The number of thiocarbonyl (C=S) groups is 1. The number of piperidine rings is 1. The molecule has 0 bridgehead atoms. The first-order valence-electron chi connectivity index (χ1n) is 11.7. The van der Waals surface area contributed by atoms with Crippen LogP contribution in [0.25, 0.3) is 0 Å². The molecule has 0 saturated carbocycles. The zero-order chi connectivity index (χ0) is 24.1. The Morgan fingerprint density at radius 1 is 1.12 bits per heavy atom. The van der Waals surface area contributed by atoms with Crippen molar-refractivity contribution in [3.05, 3.63) is 53.8 Å². The lowest BCUT2D eigenvalue weighted by molar-refractivity contribution is 0.170. The predicted molar refractivity (Wildman–Crippen MR) is 141 cm³/mol. The van der Waals surface area contributed by atoms with Gasteiger partial charge in [0.1, 0.15) is 17.7 Å². The van der Waals surface area contributed by atoms with E-state index in [1.165, 1.54) is 0 Å². The maximum absolute atomic E-state index is 15.3. The van der Waals surface area contributed by atoms with Gasteiger partial charge in [0.15, 0.2) is 5.11 Å². The van der Waals surface area contributed by atoms with E-state index >= 15 is 4.39 Å². The van der Waals surface area contributed by atoms with E-state index in [9.17, 15) is 0 Å². The molecule has 9 heteroatoms. The van der Waals surface area contributed by atoms with E-state index in [-0.39, 0.29) is 17.0 Å². The van der Waals surface area contributed by atoms with E-state index in [1.807, 2.05) is 36.4 Å². The van der Waals surface area contributed by atoms with Crippen molar-refractivity contribution in [2.75, 3.05) is 50.1 Å². The predicted octanol–water partition coefficient (Wildman–Crippen LogP) is 3.18. The lowest BCUT2D eigenvalue weighted by Gasteiger charge is -2.35. The highest BCUT2D eigenvalue weighted by atomic mass is 32.1. The molecule has 1 unspecified atom stereocenters. The fourth-order valence-corrected chi connectivity index (χ4v) is 4.69. The van der Waals surface area contributed by atoms with Crippen molar-refractivity contribution < 1.29 is 9.13 Å². The topological polar surface area (TPSA) is 69.4 Å². The summed E-state index contributed by atoms with van der Waals surface area (Å²) in [7, 11) is 4.20. The summed E-state index contributed by atoms with van der Waals surface area (Å²) in [5.41, 5.74) is 10.3. The van der Waals surface area contributed by atoms with Crippen LogP contribution >= 0.6 is 12.2 Å². The molecule has 0 spiro atoms. The molecule has 2 fully saturated rings. The first-order valence-corrected chi connectivity index (χ1v) is 12.1. The third kappa shape index (κ3) is 5.95. The Morgan fingerprint density at radius 3 is 2.47 bits per heavy atom. The smallest absolute Gasteiger partial charge is 0.184 e. The van der Waals surface area contributed by atoms with Crippen LogP contribution in [-0.4, -0.2) is 68.6 Å². The number of ether oxygens (including phenoxy) is 1. The highest BCUT2D eigenvalue weighted by Gasteiger charge is 2.28. The molecule has 4 rings (SSSR count). The van der Waals surface area contributed by atoms with Crippen LogP contribution in [0.1, 0.15) is 24.8 Å². The van der Waals surface area contributed by atoms with E-state index in [2.05, 4.69) is 39.3 Å². The molecule has 0 aliphatic carbocycles. The number of para-hydroxylation sites is 1.